The van der Waals surface area contributed by atoms with Crippen molar-refractivity contribution in [3.63, 3.8) is 0 Å². The molecule has 88 valence electrons. The fourth-order valence-corrected chi connectivity index (χ4v) is 2.77. The van der Waals surface area contributed by atoms with Crippen LogP contribution in [0.25, 0.3) is 0 Å². The van der Waals surface area contributed by atoms with Crippen LogP contribution in [0.5, 0.6) is 0 Å². The predicted molar refractivity (Wildman–Crippen MR) is 73.4 cm³/mol. The first-order valence-electron chi connectivity index (χ1n) is 5.37. The Hall–Kier alpha value is -1.12. The van der Waals surface area contributed by atoms with E-state index in [1.807, 2.05) is 45.0 Å². The summed E-state index contributed by atoms with van der Waals surface area (Å²) in [5, 5.41) is 0.532. The van der Waals surface area contributed by atoms with Crippen molar-refractivity contribution < 1.29 is 4.79 Å². The summed E-state index contributed by atoms with van der Waals surface area (Å²) in [7, 11) is 0. The van der Waals surface area contributed by atoms with Crippen molar-refractivity contribution in [3.8, 4) is 0 Å². The van der Waals surface area contributed by atoms with Gasteiger partial charge in [0.15, 0.2) is 0 Å². The second-order valence-electron chi connectivity index (χ2n) is 4.16. The topological polar surface area (TPSA) is 17.1 Å². The van der Waals surface area contributed by atoms with Crippen LogP contribution in [0.1, 0.15) is 31.2 Å². The van der Waals surface area contributed by atoms with E-state index in [9.17, 15) is 4.79 Å². The van der Waals surface area contributed by atoms with Crippen molar-refractivity contribution >= 4 is 28.7 Å². The van der Waals surface area contributed by atoms with Gasteiger partial charge in [0.25, 0.3) is 0 Å². The molecular formula is C14H13ClOS. The van der Waals surface area contributed by atoms with Crippen molar-refractivity contribution in [2.24, 2.45) is 0 Å². The van der Waals surface area contributed by atoms with Crippen LogP contribution in [0.2, 0.25) is 5.02 Å². The second-order valence-corrected chi connectivity index (χ2v) is 5.85. The third-order valence-electron chi connectivity index (χ3n) is 2.79. The number of carbonyl (C=O) groups is 1. The normalized spacial score (nSPS) is 10.6. The molecule has 0 atom stereocenters. The lowest BCUT2D eigenvalue weighted by Crippen LogP contribution is -2.01. The van der Waals surface area contributed by atoms with Crippen molar-refractivity contribution in [2.75, 3.05) is 0 Å². The molecule has 2 rings (SSSR count). The van der Waals surface area contributed by atoms with Gasteiger partial charge in [-0.05, 0) is 56.2 Å². The molecule has 1 nitrogen and oxygen atoms in total. The lowest BCUT2D eigenvalue weighted by Gasteiger charge is -2.06. The van der Waals surface area contributed by atoms with Gasteiger partial charge < -0.3 is 0 Å². The fraction of sp³-hybridized carbons (Fsp3) is 0.214. The maximum Gasteiger partial charge on any atom is 0.204 e. The van der Waals surface area contributed by atoms with Gasteiger partial charge in [0.2, 0.25) is 5.78 Å². The summed E-state index contributed by atoms with van der Waals surface area (Å²) in [5.74, 6) is 0.0104. The van der Waals surface area contributed by atoms with Crippen molar-refractivity contribution in [2.45, 2.75) is 20.8 Å². The minimum Gasteiger partial charge on any atom is -0.288 e. The zero-order valence-corrected chi connectivity index (χ0v) is 11.6. The largest absolute Gasteiger partial charge is 0.288 e. The molecule has 0 saturated heterocycles. The summed E-state index contributed by atoms with van der Waals surface area (Å²) < 4.78 is 0. The van der Waals surface area contributed by atoms with Crippen LogP contribution in [0, 0.1) is 20.8 Å². The smallest absolute Gasteiger partial charge is 0.204 e. The quantitative estimate of drug-likeness (QED) is 0.727. The highest BCUT2D eigenvalue weighted by Crippen LogP contribution is 2.26. The van der Waals surface area contributed by atoms with Crippen LogP contribution in [0.15, 0.2) is 24.3 Å². The van der Waals surface area contributed by atoms with E-state index in [-0.39, 0.29) is 5.78 Å². The Balaban J connectivity index is 2.47. The van der Waals surface area contributed by atoms with Gasteiger partial charge in [0, 0.05) is 10.4 Å². The number of hydrogen-bond donors (Lipinski definition) is 0. The molecule has 0 aliphatic rings. The molecule has 0 N–H and O–H groups in total. The Morgan fingerprint density at radius 2 is 1.76 bits per heavy atom. The molecule has 0 aliphatic heterocycles. The van der Waals surface area contributed by atoms with E-state index in [0.717, 1.165) is 20.9 Å². The molecule has 1 heterocycles. The standard InChI is InChI=1S/C14H13ClOS/c1-8-6-11(12(15)7-9(8)2)14(16)13-5-4-10(3)17-13/h4-7H,1-3H3. The van der Waals surface area contributed by atoms with Gasteiger partial charge in [-0.1, -0.05) is 11.6 Å². The number of ketones is 1. The Kier molecular flexibility index (Phi) is 3.36. The summed E-state index contributed by atoms with van der Waals surface area (Å²) in [6.45, 7) is 5.97. The molecule has 1 aromatic heterocycles. The number of aryl methyl sites for hydroxylation is 3. The Morgan fingerprint density at radius 1 is 1.12 bits per heavy atom. The van der Waals surface area contributed by atoms with E-state index in [0.29, 0.717) is 10.6 Å². The van der Waals surface area contributed by atoms with E-state index in [2.05, 4.69) is 0 Å². The molecule has 0 radical (unpaired) electrons. The van der Waals surface area contributed by atoms with Gasteiger partial charge in [-0.2, -0.15) is 0 Å². The highest BCUT2D eigenvalue weighted by molar-refractivity contribution is 7.14. The molecule has 17 heavy (non-hydrogen) atoms. The molecule has 3 heteroatoms. The van der Waals surface area contributed by atoms with Gasteiger partial charge in [-0.15, -0.1) is 11.3 Å². The molecule has 0 spiro atoms. The Morgan fingerprint density at radius 3 is 2.35 bits per heavy atom. The molecule has 0 saturated carbocycles. The maximum absolute atomic E-state index is 12.3. The molecule has 0 amide bonds. The van der Waals surface area contributed by atoms with Crippen LogP contribution < -0.4 is 0 Å². The summed E-state index contributed by atoms with van der Waals surface area (Å²) in [5.41, 5.74) is 2.79. The minimum absolute atomic E-state index is 0.0104. The van der Waals surface area contributed by atoms with Gasteiger partial charge in [-0.3, -0.25) is 4.79 Å². The number of rotatable bonds is 2. The molecule has 0 fully saturated rings. The highest BCUT2D eigenvalue weighted by atomic mass is 35.5. The number of hydrogen-bond acceptors (Lipinski definition) is 2. The minimum atomic E-state index is 0.0104. The molecule has 0 aliphatic carbocycles. The fourth-order valence-electron chi connectivity index (χ4n) is 1.64. The molecular weight excluding hydrogens is 252 g/mol. The molecule has 0 bridgehead atoms. The van der Waals surface area contributed by atoms with Crippen molar-refractivity contribution in [3.05, 3.63) is 55.7 Å². The molecule has 0 unspecified atom stereocenters. The van der Waals surface area contributed by atoms with Gasteiger partial charge >= 0.3 is 0 Å². The zero-order chi connectivity index (χ0) is 12.6. The first kappa shape index (κ1) is 12.3. The van der Waals surface area contributed by atoms with Gasteiger partial charge in [0.1, 0.15) is 0 Å². The number of halogens is 1. The third-order valence-corrected chi connectivity index (χ3v) is 4.10. The number of benzene rings is 1. The monoisotopic (exact) mass is 264 g/mol. The average molecular weight is 265 g/mol. The summed E-state index contributed by atoms with van der Waals surface area (Å²) >= 11 is 7.64. The van der Waals surface area contributed by atoms with Gasteiger partial charge in [0.05, 0.1) is 9.90 Å². The lowest BCUT2D eigenvalue weighted by molar-refractivity contribution is 0.104. The summed E-state index contributed by atoms with van der Waals surface area (Å²) in [6, 6.07) is 7.53. The van der Waals surface area contributed by atoms with Crippen molar-refractivity contribution in [1.82, 2.24) is 0 Å². The van der Waals surface area contributed by atoms with Crippen LogP contribution in [-0.2, 0) is 0 Å². The van der Waals surface area contributed by atoms with E-state index in [4.69, 9.17) is 11.6 Å². The predicted octanol–water partition coefficient (Wildman–Crippen LogP) is 4.56. The molecule has 1 aromatic carbocycles. The van der Waals surface area contributed by atoms with E-state index in [1.165, 1.54) is 11.3 Å². The number of carbonyl (C=O) groups excluding carboxylic acids is 1. The van der Waals surface area contributed by atoms with Gasteiger partial charge in [-0.25, -0.2) is 0 Å². The first-order valence-corrected chi connectivity index (χ1v) is 6.56. The third kappa shape index (κ3) is 2.43. The van der Waals surface area contributed by atoms with Crippen LogP contribution in [0.3, 0.4) is 0 Å². The second kappa shape index (κ2) is 4.63. The van der Waals surface area contributed by atoms with E-state index in [1.54, 1.807) is 0 Å². The highest BCUT2D eigenvalue weighted by Gasteiger charge is 2.15. The summed E-state index contributed by atoms with van der Waals surface area (Å²) in [4.78, 5) is 14.1. The Labute approximate surface area is 110 Å². The first-order chi connectivity index (χ1) is 7.99. The maximum atomic E-state index is 12.3. The molecule has 2 aromatic rings. The number of thiophene rings is 1. The average Bonchev–Trinajstić information content (AvgIpc) is 2.69. The van der Waals surface area contributed by atoms with Crippen molar-refractivity contribution in [1.29, 1.82) is 0 Å². The van der Waals surface area contributed by atoms with Crippen LogP contribution >= 0.6 is 22.9 Å². The summed E-state index contributed by atoms with van der Waals surface area (Å²) in [6.07, 6.45) is 0. The van der Waals surface area contributed by atoms with E-state index < -0.39 is 0 Å². The SMILES string of the molecule is Cc1ccc(C(=O)c2cc(C)c(C)cc2Cl)s1. The van der Waals surface area contributed by atoms with Crippen LogP contribution in [0.4, 0.5) is 0 Å². The lowest BCUT2D eigenvalue weighted by atomic mass is 10.0. The van der Waals surface area contributed by atoms with E-state index >= 15 is 0 Å². The zero-order valence-electron chi connectivity index (χ0n) is 10.0. The van der Waals surface area contributed by atoms with Crippen LogP contribution in [-0.4, -0.2) is 5.78 Å². The Bertz CT molecular complexity index is 584.